The van der Waals surface area contributed by atoms with Gasteiger partial charge in [0.25, 0.3) is 0 Å². The number of hydrogen-bond donors (Lipinski definition) is 1. The molecule has 3 rings (SSSR count). The van der Waals surface area contributed by atoms with Crippen molar-refractivity contribution in [3.8, 4) is 0 Å². The summed E-state index contributed by atoms with van der Waals surface area (Å²) >= 11 is 0. The summed E-state index contributed by atoms with van der Waals surface area (Å²) in [6, 6.07) is 2.04. The Hall–Kier alpha value is -1.40. The van der Waals surface area contributed by atoms with Crippen molar-refractivity contribution < 1.29 is 9.47 Å². The van der Waals surface area contributed by atoms with E-state index in [9.17, 15) is 0 Å². The number of aromatic nitrogens is 2. The lowest BCUT2D eigenvalue weighted by molar-refractivity contribution is 0.0206. The summed E-state index contributed by atoms with van der Waals surface area (Å²) in [6.45, 7) is 7.47. The van der Waals surface area contributed by atoms with E-state index in [-0.39, 0.29) is 0 Å². The van der Waals surface area contributed by atoms with Crippen molar-refractivity contribution in [2.24, 2.45) is 5.92 Å². The van der Waals surface area contributed by atoms with Gasteiger partial charge in [-0.25, -0.2) is 9.97 Å². The maximum Gasteiger partial charge on any atom is 0.134 e. The second-order valence-electron chi connectivity index (χ2n) is 6.59. The van der Waals surface area contributed by atoms with Crippen LogP contribution in [0.3, 0.4) is 0 Å². The fourth-order valence-electron chi connectivity index (χ4n) is 3.26. The van der Waals surface area contributed by atoms with Crippen LogP contribution in [0.4, 0.5) is 11.6 Å². The zero-order chi connectivity index (χ0) is 15.9. The summed E-state index contributed by atoms with van der Waals surface area (Å²) in [5.41, 5.74) is 0. The molecule has 2 aliphatic rings. The lowest BCUT2D eigenvalue weighted by atomic mass is 10.0. The van der Waals surface area contributed by atoms with Gasteiger partial charge in [-0.05, 0) is 31.6 Å². The number of anilines is 2. The molecule has 1 aromatic rings. The second kappa shape index (κ2) is 8.45. The van der Waals surface area contributed by atoms with E-state index in [4.69, 9.17) is 9.47 Å². The highest BCUT2D eigenvalue weighted by Crippen LogP contribution is 2.22. The molecule has 0 bridgehead atoms. The summed E-state index contributed by atoms with van der Waals surface area (Å²) < 4.78 is 11.2. The first-order valence-electron chi connectivity index (χ1n) is 8.81. The van der Waals surface area contributed by atoms with Crippen LogP contribution in [-0.2, 0) is 9.47 Å². The van der Waals surface area contributed by atoms with Gasteiger partial charge in [0, 0.05) is 32.3 Å². The molecule has 6 nitrogen and oxygen atoms in total. The normalized spacial score (nSPS) is 24.8. The van der Waals surface area contributed by atoms with Crippen LogP contribution in [-0.4, -0.2) is 55.5 Å². The van der Waals surface area contributed by atoms with Gasteiger partial charge in [0.1, 0.15) is 18.0 Å². The smallest absolute Gasteiger partial charge is 0.134 e. The van der Waals surface area contributed by atoms with Crippen molar-refractivity contribution >= 4 is 11.6 Å². The molecule has 2 fully saturated rings. The van der Waals surface area contributed by atoms with Crippen LogP contribution < -0.4 is 10.2 Å². The molecular formula is C17H28N4O2. The number of nitrogens with zero attached hydrogens (tertiary/aromatic N) is 3. The van der Waals surface area contributed by atoms with Crippen molar-refractivity contribution in [1.82, 2.24) is 9.97 Å². The first-order chi connectivity index (χ1) is 11.3. The summed E-state index contributed by atoms with van der Waals surface area (Å²) in [7, 11) is 0. The van der Waals surface area contributed by atoms with Gasteiger partial charge in [0.2, 0.25) is 0 Å². The summed E-state index contributed by atoms with van der Waals surface area (Å²) in [4.78, 5) is 11.1. The maximum atomic E-state index is 5.66. The highest BCUT2D eigenvalue weighted by molar-refractivity contribution is 5.48. The average molecular weight is 320 g/mol. The molecule has 0 amide bonds. The quantitative estimate of drug-likeness (QED) is 0.778. The minimum absolute atomic E-state index is 0.293. The Morgan fingerprint density at radius 1 is 1.35 bits per heavy atom. The lowest BCUT2D eigenvalue weighted by Crippen LogP contribution is -2.34. The Morgan fingerprint density at radius 2 is 2.30 bits per heavy atom. The predicted octanol–water partition coefficient (Wildman–Crippen LogP) is 2.32. The number of hydrogen-bond acceptors (Lipinski definition) is 6. The van der Waals surface area contributed by atoms with E-state index in [1.165, 1.54) is 12.8 Å². The monoisotopic (exact) mass is 320 g/mol. The molecule has 0 radical (unpaired) electrons. The molecule has 0 aliphatic carbocycles. The first-order valence-corrected chi connectivity index (χ1v) is 8.81. The van der Waals surface area contributed by atoms with Gasteiger partial charge in [-0.15, -0.1) is 0 Å². The zero-order valence-corrected chi connectivity index (χ0v) is 14.0. The molecule has 2 saturated heterocycles. The second-order valence-corrected chi connectivity index (χ2v) is 6.59. The Morgan fingerprint density at radius 3 is 3.13 bits per heavy atom. The molecule has 6 heteroatoms. The van der Waals surface area contributed by atoms with Gasteiger partial charge in [-0.1, -0.05) is 6.92 Å². The van der Waals surface area contributed by atoms with Crippen molar-refractivity contribution in [3.63, 3.8) is 0 Å². The van der Waals surface area contributed by atoms with E-state index in [0.29, 0.717) is 19.3 Å². The van der Waals surface area contributed by atoms with Crippen LogP contribution in [0, 0.1) is 5.92 Å². The molecule has 2 unspecified atom stereocenters. The van der Waals surface area contributed by atoms with Crippen molar-refractivity contribution in [3.05, 3.63) is 12.4 Å². The van der Waals surface area contributed by atoms with Crippen molar-refractivity contribution in [2.45, 2.75) is 38.7 Å². The highest BCUT2D eigenvalue weighted by Gasteiger charge is 2.18. The average Bonchev–Trinajstić information content (AvgIpc) is 3.08. The number of piperidine rings is 1. The molecular weight excluding hydrogens is 292 g/mol. The summed E-state index contributed by atoms with van der Waals surface area (Å²) in [6.07, 6.45) is 6.77. The lowest BCUT2D eigenvalue weighted by Gasteiger charge is -2.31. The molecule has 128 valence electrons. The van der Waals surface area contributed by atoms with Crippen LogP contribution in [0.5, 0.6) is 0 Å². The van der Waals surface area contributed by atoms with E-state index in [2.05, 4.69) is 27.1 Å². The van der Waals surface area contributed by atoms with Crippen LogP contribution in [0.2, 0.25) is 0 Å². The topological polar surface area (TPSA) is 59.5 Å². The number of nitrogens with one attached hydrogen (secondary N) is 1. The Labute approximate surface area is 138 Å². The zero-order valence-electron chi connectivity index (χ0n) is 14.0. The van der Waals surface area contributed by atoms with E-state index >= 15 is 0 Å². The standard InChI is InChI=1S/C17H28N4O2/c1-14-4-2-7-21(11-14)17-10-16(19-13-20-17)18-6-9-22-12-15-5-3-8-23-15/h10,13-15H,2-9,11-12H2,1H3,(H,18,19,20). The predicted molar refractivity (Wildman–Crippen MR) is 90.9 cm³/mol. The summed E-state index contributed by atoms with van der Waals surface area (Å²) in [5.74, 6) is 2.63. The summed E-state index contributed by atoms with van der Waals surface area (Å²) in [5, 5.41) is 3.32. The maximum absolute atomic E-state index is 5.66. The molecule has 1 aromatic heterocycles. The fourth-order valence-corrected chi connectivity index (χ4v) is 3.26. The van der Waals surface area contributed by atoms with Crippen LogP contribution in [0.1, 0.15) is 32.6 Å². The van der Waals surface area contributed by atoms with Crippen molar-refractivity contribution in [2.75, 3.05) is 49.7 Å². The SMILES string of the molecule is CC1CCCN(c2cc(NCCOCC3CCCO3)ncn2)C1. The third-order valence-corrected chi connectivity index (χ3v) is 4.51. The van der Waals surface area contributed by atoms with Gasteiger partial charge in [-0.3, -0.25) is 0 Å². The van der Waals surface area contributed by atoms with E-state index in [0.717, 1.165) is 56.6 Å². The Kier molecular flexibility index (Phi) is 6.05. The van der Waals surface area contributed by atoms with Crippen LogP contribution in [0.25, 0.3) is 0 Å². The first kappa shape index (κ1) is 16.5. The molecule has 3 heterocycles. The molecule has 2 atom stereocenters. The van der Waals surface area contributed by atoms with Crippen LogP contribution >= 0.6 is 0 Å². The molecule has 2 aliphatic heterocycles. The number of ether oxygens (including phenoxy) is 2. The van der Waals surface area contributed by atoms with Gasteiger partial charge < -0.3 is 19.7 Å². The molecule has 0 spiro atoms. The molecule has 1 N–H and O–H groups in total. The third-order valence-electron chi connectivity index (χ3n) is 4.51. The minimum atomic E-state index is 0.293. The van der Waals surface area contributed by atoms with Gasteiger partial charge in [-0.2, -0.15) is 0 Å². The molecule has 23 heavy (non-hydrogen) atoms. The van der Waals surface area contributed by atoms with E-state index in [1.807, 2.05) is 6.07 Å². The highest BCUT2D eigenvalue weighted by atomic mass is 16.5. The van der Waals surface area contributed by atoms with E-state index in [1.54, 1.807) is 6.33 Å². The van der Waals surface area contributed by atoms with Gasteiger partial charge in [0.05, 0.1) is 19.3 Å². The Bertz CT molecular complexity index is 479. The van der Waals surface area contributed by atoms with Gasteiger partial charge >= 0.3 is 0 Å². The number of rotatable bonds is 7. The molecule has 0 aromatic carbocycles. The minimum Gasteiger partial charge on any atom is -0.377 e. The Balaban J connectivity index is 1.40. The third kappa shape index (κ3) is 5.04. The van der Waals surface area contributed by atoms with Crippen molar-refractivity contribution in [1.29, 1.82) is 0 Å². The largest absolute Gasteiger partial charge is 0.377 e. The van der Waals surface area contributed by atoms with Gasteiger partial charge in [0.15, 0.2) is 0 Å². The van der Waals surface area contributed by atoms with E-state index < -0.39 is 0 Å². The van der Waals surface area contributed by atoms with Crippen LogP contribution in [0.15, 0.2) is 12.4 Å². The molecule has 0 saturated carbocycles. The fraction of sp³-hybridized carbons (Fsp3) is 0.765.